The molecule has 0 aliphatic carbocycles. The molecule has 0 radical (unpaired) electrons. The van der Waals surface area contributed by atoms with Crippen LogP contribution in [-0.4, -0.2) is 12.0 Å². The van der Waals surface area contributed by atoms with Crippen molar-refractivity contribution in [2.75, 3.05) is 5.32 Å². The number of halogens is 1. The summed E-state index contributed by atoms with van der Waals surface area (Å²) in [4.78, 5) is 12.3. The summed E-state index contributed by atoms with van der Waals surface area (Å²) < 4.78 is 18.4. The Balaban J connectivity index is 1.74. The Labute approximate surface area is 133 Å². The number of hydrogen-bond donors (Lipinski definition) is 1. The summed E-state index contributed by atoms with van der Waals surface area (Å²) in [7, 11) is 0. The van der Waals surface area contributed by atoms with Crippen molar-refractivity contribution in [3.63, 3.8) is 0 Å². The number of carbonyl (C=O) groups excluding carboxylic acids is 1. The monoisotopic (exact) mass is 309 g/mol. The Morgan fingerprint density at radius 1 is 1.00 bits per heavy atom. The standard InChI is InChI=1S/C19H16FNO2/c1-13(23-16-11-9-15(20)10-12-16)19(22)21-18-8-4-6-14-5-2-3-7-17(14)18/h2-13H,1H3,(H,21,22)/t13-/m1/s1. The Bertz CT molecular complexity index is 825. The Morgan fingerprint density at radius 3 is 2.48 bits per heavy atom. The van der Waals surface area contributed by atoms with Gasteiger partial charge in [0, 0.05) is 11.1 Å². The smallest absolute Gasteiger partial charge is 0.265 e. The fourth-order valence-electron chi connectivity index (χ4n) is 2.34. The lowest BCUT2D eigenvalue weighted by atomic mass is 10.1. The van der Waals surface area contributed by atoms with Crippen molar-refractivity contribution in [3.05, 3.63) is 72.5 Å². The third-order valence-electron chi connectivity index (χ3n) is 3.54. The van der Waals surface area contributed by atoms with Crippen LogP contribution < -0.4 is 10.1 Å². The van der Waals surface area contributed by atoms with Crippen molar-refractivity contribution in [2.45, 2.75) is 13.0 Å². The summed E-state index contributed by atoms with van der Waals surface area (Å²) in [6, 6.07) is 19.1. The highest BCUT2D eigenvalue weighted by Gasteiger charge is 2.15. The first kappa shape index (κ1) is 15.0. The normalized spacial score (nSPS) is 11.9. The van der Waals surface area contributed by atoms with Crippen LogP contribution in [0.4, 0.5) is 10.1 Å². The molecule has 0 heterocycles. The van der Waals surface area contributed by atoms with E-state index < -0.39 is 6.10 Å². The summed E-state index contributed by atoms with van der Waals surface area (Å²) in [5.41, 5.74) is 0.739. The number of nitrogens with one attached hydrogen (secondary N) is 1. The van der Waals surface area contributed by atoms with Gasteiger partial charge in [0.1, 0.15) is 11.6 Å². The quantitative estimate of drug-likeness (QED) is 0.776. The topological polar surface area (TPSA) is 38.3 Å². The van der Waals surface area contributed by atoms with E-state index >= 15 is 0 Å². The van der Waals surface area contributed by atoms with Gasteiger partial charge in [0.15, 0.2) is 6.10 Å². The van der Waals surface area contributed by atoms with Crippen LogP contribution in [0.2, 0.25) is 0 Å². The Kier molecular flexibility index (Phi) is 4.24. The number of benzene rings is 3. The maximum Gasteiger partial charge on any atom is 0.265 e. The van der Waals surface area contributed by atoms with Gasteiger partial charge in [0.05, 0.1) is 0 Å². The molecule has 0 aromatic heterocycles. The molecule has 3 rings (SSSR count). The molecule has 1 amide bonds. The van der Waals surface area contributed by atoms with Crippen LogP contribution in [-0.2, 0) is 4.79 Å². The molecule has 0 saturated heterocycles. The van der Waals surface area contributed by atoms with Crippen molar-refractivity contribution in [3.8, 4) is 5.75 Å². The summed E-state index contributed by atoms with van der Waals surface area (Å²) in [5, 5.41) is 4.90. The van der Waals surface area contributed by atoms with Crippen LogP contribution in [0, 0.1) is 5.82 Å². The lowest BCUT2D eigenvalue weighted by molar-refractivity contribution is -0.122. The van der Waals surface area contributed by atoms with E-state index in [1.807, 2.05) is 42.5 Å². The fraction of sp³-hybridized carbons (Fsp3) is 0.105. The predicted octanol–water partition coefficient (Wildman–Crippen LogP) is 4.38. The van der Waals surface area contributed by atoms with Crippen molar-refractivity contribution in [2.24, 2.45) is 0 Å². The second-order valence-corrected chi connectivity index (χ2v) is 5.23. The molecule has 0 aliphatic rings. The molecule has 0 spiro atoms. The van der Waals surface area contributed by atoms with Crippen molar-refractivity contribution >= 4 is 22.4 Å². The molecule has 0 unspecified atom stereocenters. The van der Waals surface area contributed by atoms with E-state index in [0.29, 0.717) is 5.75 Å². The van der Waals surface area contributed by atoms with Gasteiger partial charge in [-0.1, -0.05) is 36.4 Å². The molecule has 1 N–H and O–H groups in total. The van der Waals surface area contributed by atoms with Crippen molar-refractivity contribution < 1.29 is 13.9 Å². The molecular formula is C19H16FNO2. The van der Waals surface area contributed by atoms with E-state index in [-0.39, 0.29) is 11.7 Å². The molecular weight excluding hydrogens is 293 g/mol. The molecule has 116 valence electrons. The van der Waals surface area contributed by atoms with Crippen LogP contribution in [0.5, 0.6) is 5.75 Å². The van der Waals surface area contributed by atoms with E-state index in [1.54, 1.807) is 6.92 Å². The number of carbonyl (C=O) groups is 1. The first-order valence-electron chi connectivity index (χ1n) is 7.34. The van der Waals surface area contributed by atoms with Gasteiger partial charge < -0.3 is 10.1 Å². The highest BCUT2D eigenvalue weighted by molar-refractivity contribution is 6.03. The molecule has 0 saturated carbocycles. The van der Waals surface area contributed by atoms with Crippen LogP contribution in [0.25, 0.3) is 10.8 Å². The third-order valence-corrected chi connectivity index (χ3v) is 3.54. The van der Waals surface area contributed by atoms with Crippen LogP contribution in [0.1, 0.15) is 6.92 Å². The van der Waals surface area contributed by atoms with E-state index in [2.05, 4.69) is 5.32 Å². The number of amides is 1. The molecule has 0 aliphatic heterocycles. The van der Waals surface area contributed by atoms with Crippen LogP contribution in [0.3, 0.4) is 0 Å². The number of rotatable bonds is 4. The average molecular weight is 309 g/mol. The number of fused-ring (bicyclic) bond motifs is 1. The zero-order valence-corrected chi connectivity index (χ0v) is 12.6. The van der Waals surface area contributed by atoms with Crippen molar-refractivity contribution in [1.82, 2.24) is 0 Å². The van der Waals surface area contributed by atoms with E-state index in [9.17, 15) is 9.18 Å². The average Bonchev–Trinajstić information content (AvgIpc) is 2.57. The highest BCUT2D eigenvalue weighted by atomic mass is 19.1. The maximum absolute atomic E-state index is 12.9. The zero-order chi connectivity index (χ0) is 16.2. The highest BCUT2D eigenvalue weighted by Crippen LogP contribution is 2.23. The minimum atomic E-state index is -0.695. The minimum Gasteiger partial charge on any atom is -0.481 e. The zero-order valence-electron chi connectivity index (χ0n) is 12.6. The number of ether oxygens (including phenoxy) is 1. The van der Waals surface area contributed by atoms with Gasteiger partial charge in [0.2, 0.25) is 0 Å². The molecule has 23 heavy (non-hydrogen) atoms. The maximum atomic E-state index is 12.9. The number of anilines is 1. The summed E-state index contributed by atoms with van der Waals surface area (Å²) >= 11 is 0. The lowest BCUT2D eigenvalue weighted by Crippen LogP contribution is -2.30. The SMILES string of the molecule is C[C@@H](Oc1ccc(F)cc1)C(=O)Nc1cccc2ccccc12. The van der Waals surface area contributed by atoms with E-state index in [1.165, 1.54) is 24.3 Å². The van der Waals surface area contributed by atoms with E-state index in [4.69, 9.17) is 4.74 Å². The molecule has 3 aromatic rings. The van der Waals surface area contributed by atoms with Gasteiger partial charge in [0.25, 0.3) is 5.91 Å². The molecule has 1 atom stereocenters. The lowest BCUT2D eigenvalue weighted by Gasteiger charge is -2.15. The molecule has 0 fully saturated rings. The summed E-state index contributed by atoms with van der Waals surface area (Å²) in [5.74, 6) is -0.150. The van der Waals surface area contributed by atoms with Gasteiger partial charge >= 0.3 is 0 Å². The second-order valence-electron chi connectivity index (χ2n) is 5.23. The predicted molar refractivity (Wildman–Crippen MR) is 89.1 cm³/mol. The summed E-state index contributed by atoms with van der Waals surface area (Å²) in [6.07, 6.45) is -0.695. The van der Waals surface area contributed by atoms with Crippen LogP contribution in [0.15, 0.2) is 66.7 Å². The molecule has 4 heteroatoms. The first-order chi connectivity index (χ1) is 11.1. The van der Waals surface area contributed by atoms with Gasteiger partial charge in [-0.3, -0.25) is 4.79 Å². The Hall–Kier alpha value is -2.88. The molecule has 0 bridgehead atoms. The Morgan fingerprint density at radius 2 is 1.70 bits per heavy atom. The molecule has 3 nitrogen and oxygen atoms in total. The van der Waals surface area contributed by atoms with Crippen LogP contribution >= 0.6 is 0 Å². The fourth-order valence-corrected chi connectivity index (χ4v) is 2.34. The molecule has 3 aromatic carbocycles. The third kappa shape index (κ3) is 3.48. The van der Waals surface area contributed by atoms with Gasteiger partial charge in [-0.05, 0) is 42.6 Å². The largest absolute Gasteiger partial charge is 0.481 e. The van der Waals surface area contributed by atoms with Gasteiger partial charge in [-0.2, -0.15) is 0 Å². The summed E-state index contributed by atoms with van der Waals surface area (Å²) in [6.45, 7) is 1.66. The van der Waals surface area contributed by atoms with Gasteiger partial charge in [-0.15, -0.1) is 0 Å². The first-order valence-corrected chi connectivity index (χ1v) is 7.34. The van der Waals surface area contributed by atoms with Crippen molar-refractivity contribution in [1.29, 1.82) is 0 Å². The van der Waals surface area contributed by atoms with Gasteiger partial charge in [-0.25, -0.2) is 4.39 Å². The minimum absolute atomic E-state index is 0.259. The van der Waals surface area contributed by atoms with E-state index in [0.717, 1.165) is 16.5 Å². The number of hydrogen-bond acceptors (Lipinski definition) is 2. The second kappa shape index (κ2) is 6.48.